The van der Waals surface area contributed by atoms with Crippen molar-refractivity contribution in [2.45, 2.75) is 6.42 Å². The van der Waals surface area contributed by atoms with Gasteiger partial charge < -0.3 is 14.6 Å². The number of pyridine rings is 1. The number of nitrogens with zero attached hydrogens (tertiary/aromatic N) is 2. The normalized spacial score (nSPS) is 10.9. The lowest BCUT2D eigenvalue weighted by molar-refractivity contribution is -0.117. The van der Waals surface area contributed by atoms with E-state index in [4.69, 9.17) is 23.2 Å². The molecule has 0 aliphatic heterocycles. The summed E-state index contributed by atoms with van der Waals surface area (Å²) in [6.45, 7) is 0. The highest BCUT2D eigenvalue weighted by Crippen LogP contribution is 2.32. The number of aryl methyl sites for hydroxylation is 1. The van der Waals surface area contributed by atoms with Crippen LogP contribution in [0.1, 0.15) is 5.56 Å². The Hall–Kier alpha value is -2.50. The summed E-state index contributed by atoms with van der Waals surface area (Å²) in [6.07, 6.45) is -0.251. The van der Waals surface area contributed by atoms with Gasteiger partial charge in [-0.15, -0.1) is 0 Å². The SMILES string of the molecule is CN(C(=O)Cc1c(O)c2c(Cl)cccc2n(C)c1=O)c1ccc(Cl)cc1. The average molecular weight is 391 g/mol. The third kappa shape index (κ3) is 3.16. The van der Waals surface area contributed by atoms with E-state index in [0.29, 0.717) is 26.6 Å². The number of aromatic hydroxyl groups is 1. The fraction of sp³-hybridized carbons (Fsp3) is 0.158. The van der Waals surface area contributed by atoms with Crippen molar-refractivity contribution in [1.29, 1.82) is 0 Å². The fourth-order valence-corrected chi connectivity index (χ4v) is 3.21. The first-order chi connectivity index (χ1) is 12.3. The van der Waals surface area contributed by atoms with Crippen LogP contribution in [0.4, 0.5) is 5.69 Å². The van der Waals surface area contributed by atoms with Crippen molar-refractivity contribution in [3.05, 3.63) is 68.4 Å². The van der Waals surface area contributed by atoms with Crippen LogP contribution < -0.4 is 10.5 Å². The maximum absolute atomic E-state index is 12.6. The fourth-order valence-electron chi connectivity index (χ4n) is 2.83. The molecular formula is C19H16Cl2N2O3. The lowest BCUT2D eigenvalue weighted by Gasteiger charge is -2.18. The van der Waals surface area contributed by atoms with Crippen molar-refractivity contribution in [1.82, 2.24) is 4.57 Å². The van der Waals surface area contributed by atoms with Crippen molar-refractivity contribution in [3.63, 3.8) is 0 Å². The molecule has 0 unspecified atom stereocenters. The first-order valence-electron chi connectivity index (χ1n) is 7.82. The number of fused-ring (bicyclic) bond motifs is 1. The summed E-state index contributed by atoms with van der Waals surface area (Å²) >= 11 is 12.0. The van der Waals surface area contributed by atoms with E-state index < -0.39 is 5.56 Å². The molecule has 0 spiro atoms. The number of likely N-dealkylation sites (N-methyl/N-ethyl adjacent to an activating group) is 1. The summed E-state index contributed by atoms with van der Waals surface area (Å²) in [7, 11) is 3.18. The predicted molar refractivity (Wildman–Crippen MR) is 104 cm³/mol. The molecular weight excluding hydrogens is 375 g/mol. The van der Waals surface area contributed by atoms with Crippen LogP contribution in [0.5, 0.6) is 5.75 Å². The van der Waals surface area contributed by atoms with Gasteiger partial charge in [0.25, 0.3) is 5.56 Å². The van der Waals surface area contributed by atoms with E-state index in [9.17, 15) is 14.7 Å². The van der Waals surface area contributed by atoms with Gasteiger partial charge in [-0.25, -0.2) is 0 Å². The van der Waals surface area contributed by atoms with Gasteiger partial charge in [0.05, 0.1) is 27.9 Å². The molecule has 1 aromatic heterocycles. The molecule has 5 nitrogen and oxygen atoms in total. The Morgan fingerprint density at radius 3 is 2.46 bits per heavy atom. The van der Waals surface area contributed by atoms with Crippen LogP contribution in [0.3, 0.4) is 0 Å². The molecule has 0 aliphatic rings. The highest BCUT2D eigenvalue weighted by Gasteiger charge is 2.21. The van der Waals surface area contributed by atoms with Crippen LogP contribution in [0.2, 0.25) is 10.0 Å². The van der Waals surface area contributed by atoms with Crippen LogP contribution in [0.25, 0.3) is 10.9 Å². The molecule has 0 saturated carbocycles. The molecule has 0 fully saturated rings. The predicted octanol–water partition coefficient (Wildman–Crippen LogP) is 3.76. The first kappa shape index (κ1) is 18.3. The van der Waals surface area contributed by atoms with Crippen molar-refractivity contribution in [3.8, 4) is 5.75 Å². The second kappa shape index (κ2) is 7.02. The minimum atomic E-state index is -0.435. The molecule has 1 N–H and O–H groups in total. The molecule has 3 aromatic rings. The highest BCUT2D eigenvalue weighted by atomic mass is 35.5. The van der Waals surface area contributed by atoms with Gasteiger partial charge in [0.15, 0.2) is 0 Å². The number of benzene rings is 2. The lowest BCUT2D eigenvalue weighted by atomic mass is 10.1. The zero-order valence-electron chi connectivity index (χ0n) is 14.2. The third-order valence-electron chi connectivity index (χ3n) is 4.35. The number of anilines is 1. The minimum absolute atomic E-state index is 0.0129. The number of rotatable bonds is 3. The average Bonchev–Trinajstić information content (AvgIpc) is 2.63. The van der Waals surface area contributed by atoms with Crippen molar-refractivity contribution < 1.29 is 9.90 Å². The van der Waals surface area contributed by atoms with E-state index in [1.807, 2.05) is 0 Å². The van der Waals surface area contributed by atoms with Gasteiger partial charge in [-0.3, -0.25) is 9.59 Å². The maximum atomic E-state index is 12.6. The topological polar surface area (TPSA) is 62.5 Å². The van der Waals surface area contributed by atoms with Gasteiger partial charge in [-0.2, -0.15) is 0 Å². The van der Waals surface area contributed by atoms with Gasteiger partial charge >= 0.3 is 0 Å². The first-order valence-corrected chi connectivity index (χ1v) is 8.58. The number of hydrogen-bond acceptors (Lipinski definition) is 3. The molecule has 1 heterocycles. The summed E-state index contributed by atoms with van der Waals surface area (Å²) in [4.78, 5) is 26.7. The van der Waals surface area contributed by atoms with Gasteiger partial charge in [0.2, 0.25) is 5.91 Å². The van der Waals surface area contributed by atoms with E-state index >= 15 is 0 Å². The maximum Gasteiger partial charge on any atom is 0.258 e. The van der Waals surface area contributed by atoms with Gasteiger partial charge in [-0.05, 0) is 36.4 Å². The number of aromatic nitrogens is 1. The molecule has 0 radical (unpaired) electrons. The largest absolute Gasteiger partial charge is 0.507 e. The van der Waals surface area contributed by atoms with Crippen LogP contribution >= 0.6 is 23.2 Å². The van der Waals surface area contributed by atoms with E-state index in [2.05, 4.69) is 0 Å². The number of amides is 1. The zero-order chi connectivity index (χ0) is 19.0. The second-order valence-electron chi connectivity index (χ2n) is 5.93. The van der Waals surface area contributed by atoms with Crippen LogP contribution in [-0.4, -0.2) is 22.6 Å². The molecule has 3 rings (SSSR count). The molecule has 1 amide bonds. The molecule has 0 saturated heterocycles. The Kier molecular flexibility index (Phi) is 4.94. The summed E-state index contributed by atoms with van der Waals surface area (Å²) in [5.74, 6) is -0.599. The number of hydrogen-bond donors (Lipinski definition) is 1. The summed E-state index contributed by atoms with van der Waals surface area (Å²) < 4.78 is 1.38. The van der Waals surface area contributed by atoms with Crippen molar-refractivity contribution in [2.24, 2.45) is 7.05 Å². The van der Waals surface area contributed by atoms with E-state index in [-0.39, 0.29) is 23.6 Å². The van der Waals surface area contributed by atoms with E-state index in [1.165, 1.54) is 9.47 Å². The summed E-state index contributed by atoms with van der Waals surface area (Å²) in [5.41, 5.74) is 0.714. The molecule has 26 heavy (non-hydrogen) atoms. The van der Waals surface area contributed by atoms with Crippen molar-refractivity contribution >= 4 is 45.7 Å². The summed E-state index contributed by atoms with van der Waals surface area (Å²) in [6, 6.07) is 11.8. The Bertz CT molecular complexity index is 1060. The smallest absolute Gasteiger partial charge is 0.258 e. The highest BCUT2D eigenvalue weighted by molar-refractivity contribution is 6.36. The Morgan fingerprint density at radius 1 is 1.15 bits per heavy atom. The lowest BCUT2D eigenvalue weighted by Crippen LogP contribution is -2.31. The van der Waals surface area contributed by atoms with Crippen LogP contribution in [0, 0.1) is 0 Å². The quantitative estimate of drug-likeness (QED) is 0.740. The monoisotopic (exact) mass is 390 g/mol. The molecule has 0 aliphatic carbocycles. The second-order valence-corrected chi connectivity index (χ2v) is 6.77. The summed E-state index contributed by atoms with van der Waals surface area (Å²) in [5, 5.41) is 11.8. The minimum Gasteiger partial charge on any atom is -0.507 e. The van der Waals surface area contributed by atoms with Gasteiger partial charge in [0.1, 0.15) is 5.75 Å². The Labute approximate surface area is 160 Å². The molecule has 134 valence electrons. The Morgan fingerprint density at radius 2 is 1.81 bits per heavy atom. The Balaban J connectivity index is 2.03. The zero-order valence-corrected chi connectivity index (χ0v) is 15.7. The standard InChI is InChI=1S/C19H16Cl2N2O3/c1-22(12-8-6-11(20)7-9-12)16(24)10-13-18(25)17-14(21)4-3-5-15(17)23(2)19(13)26/h3-9,25H,10H2,1-2H3. The van der Waals surface area contributed by atoms with E-state index in [1.54, 1.807) is 56.6 Å². The van der Waals surface area contributed by atoms with E-state index in [0.717, 1.165) is 0 Å². The number of carbonyl (C=O) groups is 1. The number of halogens is 2. The molecule has 0 atom stereocenters. The molecule has 0 bridgehead atoms. The number of carbonyl (C=O) groups excluding carboxylic acids is 1. The van der Waals surface area contributed by atoms with Crippen LogP contribution in [-0.2, 0) is 18.3 Å². The van der Waals surface area contributed by atoms with Gasteiger partial charge in [0, 0.05) is 24.8 Å². The third-order valence-corrected chi connectivity index (χ3v) is 4.92. The molecule has 2 aromatic carbocycles. The molecule has 7 heteroatoms. The van der Waals surface area contributed by atoms with Gasteiger partial charge in [-0.1, -0.05) is 29.3 Å². The van der Waals surface area contributed by atoms with Crippen LogP contribution in [0.15, 0.2) is 47.3 Å². The van der Waals surface area contributed by atoms with Crippen molar-refractivity contribution in [2.75, 3.05) is 11.9 Å².